The van der Waals surface area contributed by atoms with Gasteiger partial charge in [-0.3, -0.25) is 14.5 Å². The Kier molecular flexibility index (Phi) is 4.35. The van der Waals surface area contributed by atoms with E-state index in [2.05, 4.69) is 5.32 Å². The van der Waals surface area contributed by atoms with Gasteiger partial charge in [-0.15, -0.1) is 0 Å². The van der Waals surface area contributed by atoms with Crippen LogP contribution in [0.3, 0.4) is 0 Å². The third-order valence-electron chi connectivity index (χ3n) is 4.02. The van der Waals surface area contributed by atoms with E-state index in [1.54, 1.807) is 29.2 Å². The maximum absolute atomic E-state index is 12.6. The van der Waals surface area contributed by atoms with Gasteiger partial charge in [0.05, 0.1) is 0 Å². The van der Waals surface area contributed by atoms with Gasteiger partial charge in [0.25, 0.3) is 0 Å². The van der Waals surface area contributed by atoms with E-state index < -0.39 is 6.04 Å². The molecule has 0 radical (unpaired) electrons. The highest BCUT2D eigenvalue weighted by Gasteiger charge is 2.37. The molecule has 1 N–H and O–H groups in total. The summed E-state index contributed by atoms with van der Waals surface area (Å²) in [7, 11) is 0. The zero-order chi connectivity index (χ0) is 16.4. The minimum atomic E-state index is -0.497. The van der Waals surface area contributed by atoms with Crippen LogP contribution in [-0.4, -0.2) is 17.9 Å². The molecule has 1 fully saturated rings. The number of aryl methyl sites for hydroxylation is 1. The minimum absolute atomic E-state index is 0.0442. The SMILES string of the molecule is Cc1ccccc1NC(=O)C1CCC(=O)N1c1ccc(Cl)cc1. The van der Waals surface area contributed by atoms with E-state index in [4.69, 9.17) is 11.6 Å². The number of carbonyl (C=O) groups excluding carboxylic acids is 2. The number of hydrogen-bond acceptors (Lipinski definition) is 2. The highest BCUT2D eigenvalue weighted by molar-refractivity contribution is 6.30. The summed E-state index contributed by atoms with van der Waals surface area (Å²) in [6.07, 6.45) is 0.883. The molecule has 0 aliphatic carbocycles. The first-order valence-corrected chi connectivity index (χ1v) is 7.88. The molecule has 23 heavy (non-hydrogen) atoms. The number of amides is 2. The number of para-hydroxylation sites is 1. The molecule has 5 heteroatoms. The maximum atomic E-state index is 12.6. The largest absolute Gasteiger partial charge is 0.324 e. The molecule has 1 unspecified atom stereocenters. The molecule has 2 aromatic carbocycles. The first kappa shape index (κ1) is 15.6. The Morgan fingerprint density at radius 1 is 1.17 bits per heavy atom. The van der Waals surface area contributed by atoms with Gasteiger partial charge < -0.3 is 5.32 Å². The fourth-order valence-corrected chi connectivity index (χ4v) is 2.91. The van der Waals surface area contributed by atoms with Gasteiger partial charge in [0.15, 0.2) is 0 Å². The van der Waals surface area contributed by atoms with Gasteiger partial charge in [0.1, 0.15) is 6.04 Å². The van der Waals surface area contributed by atoms with Crippen LogP contribution >= 0.6 is 11.6 Å². The van der Waals surface area contributed by atoms with Gasteiger partial charge in [-0.25, -0.2) is 0 Å². The second-order valence-electron chi connectivity index (χ2n) is 5.60. The van der Waals surface area contributed by atoms with Crippen LogP contribution < -0.4 is 10.2 Å². The lowest BCUT2D eigenvalue weighted by Gasteiger charge is -2.24. The summed E-state index contributed by atoms with van der Waals surface area (Å²) in [5.74, 6) is -0.211. The molecule has 2 amide bonds. The number of rotatable bonds is 3. The number of hydrogen-bond donors (Lipinski definition) is 1. The van der Waals surface area contributed by atoms with Crippen LogP contribution in [-0.2, 0) is 9.59 Å². The Bertz CT molecular complexity index is 743. The van der Waals surface area contributed by atoms with Crippen LogP contribution in [0.2, 0.25) is 5.02 Å². The molecule has 0 aromatic heterocycles. The highest BCUT2D eigenvalue weighted by Crippen LogP contribution is 2.28. The molecular weight excluding hydrogens is 312 g/mol. The van der Waals surface area contributed by atoms with Gasteiger partial charge in [0.2, 0.25) is 11.8 Å². The van der Waals surface area contributed by atoms with Crippen molar-refractivity contribution in [3.63, 3.8) is 0 Å². The lowest BCUT2D eigenvalue weighted by Crippen LogP contribution is -2.41. The van der Waals surface area contributed by atoms with Crippen molar-refractivity contribution in [1.29, 1.82) is 0 Å². The molecule has 1 atom stereocenters. The van der Waals surface area contributed by atoms with Crippen LogP contribution in [0.4, 0.5) is 11.4 Å². The van der Waals surface area contributed by atoms with E-state index in [9.17, 15) is 9.59 Å². The predicted octanol–water partition coefficient (Wildman–Crippen LogP) is 3.78. The lowest BCUT2D eigenvalue weighted by molar-refractivity contribution is -0.120. The Morgan fingerprint density at radius 3 is 2.57 bits per heavy atom. The monoisotopic (exact) mass is 328 g/mol. The topological polar surface area (TPSA) is 49.4 Å². The summed E-state index contributed by atoms with van der Waals surface area (Å²) in [5.41, 5.74) is 2.46. The van der Waals surface area contributed by atoms with Gasteiger partial charge in [-0.05, 0) is 49.2 Å². The van der Waals surface area contributed by atoms with E-state index in [1.807, 2.05) is 31.2 Å². The number of nitrogens with zero attached hydrogens (tertiary/aromatic N) is 1. The van der Waals surface area contributed by atoms with Crippen LogP contribution in [0.5, 0.6) is 0 Å². The molecule has 0 spiro atoms. The first-order chi connectivity index (χ1) is 11.1. The minimum Gasteiger partial charge on any atom is -0.324 e. The van der Waals surface area contributed by atoms with Gasteiger partial charge in [0, 0.05) is 22.8 Å². The van der Waals surface area contributed by atoms with Crippen LogP contribution in [0, 0.1) is 6.92 Å². The zero-order valence-electron chi connectivity index (χ0n) is 12.8. The average molecular weight is 329 g/mol. The van der Waals surface area contributed by atoms with Crippen molar-refractivity contribution in [2.45, 2.75) is 25.8 Å². The Labute approximate surface area is 140 Å². The molecular formula is C18H17ClN2O2. The summed E-state index contributed by atoms with van der Waals surface area (Å²) in [5, 5.41) is 3.52. The van der Waals surface area contributed by atoms with Crippen molar-refractivity contribution >= 4 is 34.8 Å². The van der Waals surface area contributed by atoms with Gasteiger partial charge in [-0.1, -0.05) is 29.8 Å². The first-order valence-electron chi connectivity index (χ1n) is 7.50. The molecule has 118 valence electrons. The van der Waals surface area contributed by atoms with Crippen molar-refractivity contribution < 1.29 is 9.59 Å². The quantitative estimate of drug-likeness (QED) is 0.932. The Hall–Kier alpha value is -2.33. The molecule has 1 aliphatic heterocycles. The Morgan fingerprint density at radius 2 is 1.87 bits per heavy atom. The van der Waals surface area contributed by atoms with E-state index in [0.717, 1.165) is 11.3 Å². The number of halogens is 1. The molecule has 4 nitrogen and oxygen atoms in total. The van der Waals surface area contributed by atoms with Crippen LogP contribution in [0.15, 0.2) is 48.5 Å². The third kappa shape index (κ3) is 3.22. The normalized spacial score (nSPS) is 17.4. The molecule has 1 aliphatic rings. The highest BCUT2D eigenvalue weighted by atomic mass is 35.5. The maximum Gasteiger partial charge on any atom is 0.247 e. The van der Waals surface area contributed by atoms with Crippen LogP contribution in [0.1, 0.15) is 18.4 Å². The fraction of sp³-hybridized carbons (Fsp3) is 0.222. The fourth-order valence-electron chi connectivity index (χ4n) is 2.79. The number of benzene rings is 2. The molecule has 0 bridgehead atoms. The zero-order valence-corrected chi connectivity index (χ0v) is 13.5. The average Bonchev–Trinajstić information content (AvgIpc) is 2.92. The van der Waals surface area contributed by atoms with Crippen molar-refractivity contribution in [3.05, 3.63) is 59.1 Å². The summed E-state index contributed by atoms with van der Waals surface area (Å²) in [6.45, 7) is 1.94. The molecule has 1 heterocycles. The number of carbonyl (C=O) groups is 2. The number of anilines is 2. The summed E-state index contributed by atoms with van der Waals surface area (Å²) in [6, 6.07) is 14.1. The van der Waals surface area contributed by atoms with Crippen molar-refractivity contribution in [2.75, 3.05) is 10.2 Å². The summed E-state index contributed by atoms with van der Waals surface area (Å²) in [4.78, 5) is 26.4. The third-order valence-corrected chi connectivity index (χ3v) is 4.27. The van der Waals surface area contributed by atoms with Crippen molar-refractivity contribution in [3.8, 4) is 0 Å². The van der Waals surface area contributed by atoms with Crippen molar-refractivity contribution in [2.24, 2.45) is 0 Å². The van der Waals surface area contributed by atoms with E-state index in [0.29, 0.717) is 23.6 Å². The summed E-state index contributed by atoms with van der Waals surface area (Å²) < 4.78 is 0. The lowest BCUT2D eigenvalue weighted by atomic mass is 10.1. The van der Waals surface area contributed by atoms with E-state index in [-0.39, 0.29) is 11.8 Å². The second kappa shape index (κ2) is 6.42. The van der Waals surface area contributed by atoms with E-state index >= 15 is 0 Å². The van der Waals surface area contributed by atoms with Gasteiger partial charge in [-0.2, -0.15) is 0 Å². The predicted molar refractivity (Wildman–Crippen MR) is 91.8 cm³/mol. The Balaban J connectivity index is 1.83. The number of nitrogens with one attached hydrogen (secondary N) is 1. The standard InChI is InChI=1S/C18H17ClN2O2/c1-12-4-2-3-5-15(12)20-18(23)16-10-11-17(22)21(16)14-8-6-13(19)7-9-14/h2-9,16H,10-11H2,1H3,(H,20,23). The molecule has 1 saturated heterocycles. The smallest absolute Gasteiger partial charge is 0.247 e. The summed E-state index contributed by atoms with van der Waals surface area (Å²) >= 11 is 5.90. The van der Waals surface area contributed by atoms with E-state index in [1.165, 1.54) is 0 Å². The second-order valence-corrected chi connectivity index (χ2v) is 6.04. The molecule has 3 rings (SSSR count). The van der Waals surface area contributed by atoms with Crippen LogP contribution in [0.25, 0.3) is 0 Å². The van der Waals surface area contributed by atoms with Gasteiger partial charge >= 0.3 is 0 Å². The van der Waals surface area contributed by atoms with Crippen molar-refractivity contribution in [1.82, 2.24) is 0 Å². The molecule has 2 aromatic rings. The molecule has 0 saturated carbocycles.